The number of esters is 1. The first kappa shape index (κ1) is 22.5. The second-order valence-corrected chi connectivity index (χ2v) is 8.28. The van der Waals surface area contributed by atoms with E-state index in [2.05, 4.69) is 4.98 Å². The zero-order valence-corrected chi connectivity index (χ0v) is 19.2. The molecule has 0 bridgehead atoms. The summed E-state index contributed by atoms with van der Waals surface area (Å²) < 4.78 is 11.0. The first-order valence-corrected chi connectivity index (χ1v) is 10.8. The van der Waals surface area contributed by atoms with Crippen molar-refractivity contribution in [2.45, 2.75) is 47.3 Å². The van der Waals surface area contributed by atoms with Crippen molar-refractivity contribution in [1.29, 1.82) is 0 Å². The molecule has 1 heterocycles. The van der Waals surface area contributed by atoms with E-state index in [-0.39, 0.29) is 12.5 Å². The molecular weight excluding hydrogens is 412 g/mol. The number of benzene rings is 2. The van der Waals surface area contributed by atoms with E-state index in [9.17, 15) is 9.59 Å². The van der Waals surface area contributed by atoms with Crippen LogP contribution < -0.4 is 9.64 Å². The van der Waals surface area contributed by atoms with E-state index in [0.717, 1.165) is 22.4 Å². The molecule has 1 unspecified atom stereocenters. The summed E-state index contributed by atoms with van der Waals surface area (Å²) in [5.41, 5.74) is 4.59. The van der Waals surface area contributed by atoms with Crippen molar-refractivity contribution in [3.63, 3.8) is 0 Å². The van der Waals surface area contributed by atoms with Gasteiger partial charge in [0, 0.05) is 12.3 Å². The minimum Gasteiger partial charge on any atom is -0.479 e. The molecule has 0 spiro atoms. The van der Waals surface area contributed by atoms with Gasteiger partial charge in [0.2, 0.25) is 5.91 Å². The highest BCUT2D eigenvalue weighted by Gasteiger charge is 2.21. The van der Waals surface area contributed by atoms with Gasteiger partial charge in [-0.1, -0.05) is 35.4 Å². The number of rotatable bonds is 7. The average Bonchev–Trinajstić information content (AvgIpc) is 3.18. The highest BCUT2D eigenvalue weighted by atomic mass is 32.1. The Kier molecular flexibility index (Phi) is 7.07. The minimum atomic E-state index is -0.746. The Balaban J connectivity index is 1.65. The van der Waals surface area contributed by atoms with E-state index in [4.69, 9.17) is 9.47 Å². The van der Waals surface area contributed by atoms with E-state index in [1.807, 2.05) is 63.2 Å². The highest BCUT2D eigenvalue weighted by molar-refractivity contribution is 7.14. The van der Waals surface area contributed by atoms with Gasteiger partial charge < -0.3 is 9.47 Å². The van der Waals surface area contributed by atoms with Gasteiger partial charge in [-0.3, -0.25) is 9.69 Å². The molecule has 0 radical (unpaired) electrons. The SMILES string of the molecule is CC(=O)N(c1nc(COC(=O)C(C)Oc2ccc(C)cc2)cs1)c1ccc(C)cc1C. The van der Waals surface area contributed by atoms with Crippen molar-refractivity contribution < 1.29 is 19.1 Å². The molecule has 31 heavy (non-hydrogen) atoms. The molecule has 0 fully saturated rings. The van der Waals surface area contributed by atoms with Crippen LogP contribution in [0.3, 0.4) is 0 Å². The van der Waals surface area contributed by atoms with Crippen LogP contribution in [0.2, 0.25) is 0 Å². The lowest BCUT2D eigenvalue weighted by Gasteiger charge is -2.20. The first-order valence-electron chi connectivity index (χ1n) is 9.97. The predicted molar refractivity (Wildman–Crippen MR) is 122 cm³/mol. The van der Waals surface area contributed by atoms with E-state index >= 15 is 0 Å². The number of anilines is 2. The number of nitrogens with zero attached hydrogens (tertiary/aromatic N) is 2. The molecule has 7 heteroatoms. The summed E-state index contributed by atoms with van der Waals surface area (Å²) in [7, 11) is 0. The monoisotopic (exact) mass is 438 g/mol. The van der Waals surface area contributed by atoms with Gasteiger partial charge in [-0.25, -0.2) is 9.78 Å². The van der Waals surface area contributed by atoms with Crippen molar-refractivity contribution in [3.8, 4) is 5.75 Å². The lowest BCUT2D eigenvalue weighted by atomic mass is 10.1. The summed E-state index contributed by atoms with van der Waals surface area (Å²) in [5.74, 6) is -0.00513. The maximum absolute atomic E-state index is 12.3. The van der Waals surface area contributed by atoms with Crippen LogP contribution in [-0.2, 0) is 20.9 Å². The highest BCUT2D eigenvalue weighted by Crippen LogP contribution is 2.32. The van der Waals surface area contributed by atoms with Gasteiger partial charge in [0.25, 0.3) is 0 Å². The van der Waals surface area contributed by atoms with Crippen molar-refractivity contribution >= 4 is 34.0 Å². The van der Waals surface area contributed by atoms with Crippen LogP contribution in [0.25, 0.3) is 0 Å². The molecule has 0 aliphatic rings. The molecule has 0 N–H and O–H groups in total. The standard InChI is InChI=1S/C24H26N2O4S/c1-15-6-9-21(10-7-15)30-18(4)23(28)29-13-20-14-31-24(25-20)26(19(5)27)22-11-8-16(2)12-17(22)3/h6-12,14,18H,13H2,1-5H3. The van der Waals surface area contributed by atoms with E-state index in [0.29, 0.717) is 16.6 Å². The van der Waals surface area contributed by atoms with E-state index in [1.54, 1.807) is 17.2 Å². The molecule has 2 aromatic carbocycles. The second kappa shape index (κ2) is 9.75. The Morgan fingerprint density at radius 1 is 1.06 bits per heavy atom. The lowest BCUT2D eigenvalue weighted by Crippen LogP contribution is -2.26. The second-order valence-electron chi connectivity index (χ2n) is 7.45. The number of carbonyl (C=O) groups is 2. The van der Waals surface area contributed by atoms with Gasteiger partial charge in [0.15, 0.2) is 11.2 Å². The van der Waals surface area contributed by atoms with Crippen molar-refractivity contribution in [1.82, 2.24) is 4.98 Å². The maximum Gasteiger partial charge on any atom is 0.347 e. The Morgan fingerprint density at radius 2 is 1.74 bits per heavy atom. The van der Waals surface area contributed by atoms with Crippen LogP contribution in [0.15, 0.2) is 47.8 Å². The fourth-order valence-electron chi connectivity index (χ4n) is 3.06. The Bertz CT molecular complexity index is 1080. The number of carbonyl (C=O) groups excluding carboxylic acids is 2. The largest absolute Gasteiger partial charge is 0.479 e. The quantitative estimate of drug-likeness (QED) is 0.471. The normalized spacial score (nSPS) is 11.6. The number of hydrogen-bond donors (Lipinski definition) is 0. The molecular formula is C24H26N2O4S. The number of amides is 1. The first-order chi connectivity index (χ1) is 14.7. The smallest absolute Gasteiger partial charge is 0.347 e. The van der Waals surface area contributed by atoms with Crippen LogP contribution in [0.4, 0.5) is 10.8 Å². The summed E-state index contributed by atoms with van der Waals surface area (Å²) in [6, 6.07) is 13.4. The zero-order chi connectivity index (χ0) is 22.5. The molecule has 3 rings (SSSR count). The number of aryl methyl sites for hydroxylation is 3. The summed E-state index contributed by atoms with van der Waals surface area (Å²) in [6.07, 6.45) is -0.746. The lowest BCUT2D eigenvalue weighted by molar-refractivity contribution is -0.152. The third-order valence-corrected chi connectivity index (χ3v) is 5.54. The Morgan fingerprint density at radius 3 is 2.39 bits per heavy atom. The van der Waals surface area contributed by atoms with Gasteiger partial charge in [0.05, 0.1) is 11.4 Å². The van der Waals surface area contributed by atoms with Crippen LogP contribution in [0.5, 0.6) is 5.75 Å². The number of ether oxygens (including phenoxy) is 2. The average molecular weight is 439 g/mol. The van der Waals surface area contributed by atoms with Gasteiger partial charge in [-0.05, 0) is 51.5 Å². The van der Waals surface area contributed by atoms with Gasteiger partial charge in [-0.15, -0.1) is 11.3 Å². The van der Waals surface area contributed by atoms with Crippen molar-refractivity contribution in [3.05, 3.63) is 70.2 Å². The molecule has 0 aliphatic carbocycles. The fourth-order valence-corrected chi connectivity index (χ4v) is 3.92. The third-order valence-electron chi connectivity index (χ3n) is 4.67. The molecule has 0 saturated heterocycles. The van der Waals surface area contributed by atoms with Crippen LogP contribution in [0.1, 0.15) is 36.2 Å². The van der Waals surface area contributed by atoms with Crippen molar-refractivity contribution in [2.75, 3.05) is 4.90 Å². The van der Waals surface area contributed by atoms with Gasteiger partial charge in [0.1, 0.15) is 12.4 Å². The summed E-state index contributed by atoms with van der Waals surface area (Å²) >= 11 is 1.33. The number of hydrogen-bond acceptors (Lipinski definition) is 6. The zero-order valence-electron chi connectivity index (χ0n) is 18.3. The Labute approximate surface area is 186 Å². The predicted octanol–water partition coefficient (Wildman–Crippen LogP) is 5.26. The van der Waals surface area contributed by atoms with E-state index in [1.165, 1.54) is 18.3 Å². The number of thiazole rings is 1. The van der Waals surface area contributed by atoms with Gasteiger partial charge in [-0.2, -0.15) is 0 Å². The molecule has 3 aromatic rings. The van der Waals surface area contributed by atoms with Crippen LogP contribution in [-0.4, -0.2) is 23.0 Å². The fraction of sp³-hybridized carbons (Fsp3) is 0.292. The Hall–Kier alpha value is -3.19. The molecule has 162 valence electrons. The topological polar surface area (TPSA) is 68.7 Å². The van der Waals surface area contributed by atoms with Crippen molar-refractivity contribution in [2.24, 2.45) is 0 Å². The van der Waals surface area contributed by atoms with Gasteiger partial charge >= 0.3 is 5.97 Å². The molecule has 0 saturated carbocycles. The molecule has 1 atom stereocenters. The molecule has 0 aliphatic heterocycles. The molecule has 1 aromatic heterocycles. The van der Waals surface area contributed by atoms with Crippen LogP contribution in [0, 0.1) is 20.8 Å². The maximum atomic E-state index is 12.3. The summed E-state index contributed by atoms with van der Waals surface area (Å²) in [4.78, 5) is 30.7. The summed E-state index contributed by atoms with van der Waals surface area (Å²) in [6.45, 7) is 9.11. The third kappa shape index (κ3) is 5.70. The van der Waals surface area contributed by atoms with Crippen LogP contribution >= 0.6 is 11.3 Å². The number of aromatic nitrogens is 1. The van der Waals surface area contributed by atoms with E-state index < -0.39 is 12.1 Å². The molecule has 6 nitrogen and oxygen atoms in total. The summed E-state index contributed by atoms with van der Waals surface area (Å²) in [5, 5.41) is 2.32. The minimum absolute atomic E-state index is 0.00948. The molecule has 1 amide bonds.